The van der Waals surface area contributed by atoms with E-state index >= 15 is 0 Å². The van der Waals surface area contributed by atoms with Gasteiger partial charge in [0.25, 0.3) is 0 Å². The molecule has 2 amide bonds. The Balaban J connectivity index is 2.13. The van der Waals surface area contributed by atoms with Crippen molar-refractivity contribution in [3.63, 3.8) is 0 Å². The zero-order chi connectivity index (χ0) is 18.4. The lowest BCUT2D eigenvalue weighted by atomic mass is 10.0. The standard InChI is InChI=1S/C18H18ClFN2O3/c1-11(23)21-16(12-3-6-14(25-2)7-4-12)10-18(24)22-17-9-13(19)5-8-15(17)20/h3-9,16H,10H2,1-2H3,(H,21,23)(H,22,24). The minimum atomic E-state index is -0.585. The van der Waals surface area contributed by atoms with Gasteiger partial charge in [0, 0.05) is 11.9 Å². The molecule has 25 heavy (non-hydrogen) atoms. The van der Waals surface area contributed by atoms with Gasteiger partial charge in [-0.3, -0.25) is 9.59 Å². The van der Waals surface area contributed by atoms with Gasteiger partial charge in [-0.15, -0.1) is 0 Å². The lowest BCUT2D eigenvalue weighted by Crippen LogP contribution is -2.29. The number of carbonyl (C=O) groups excluding carboxylic acids is 2. The van der Waals surface area contributed by atoms with Gasteiger partial charge < -0.3 is 15.4 Å². The minimum absolute atomic E-state index is 0.00574. The molecule has 5 nitrogen and oxygen atoms in total. The van der Waals surface area contributed by atoms with Crippen molar-refractivity contribution in [1.29, 1.82) is 0 Å². The van der Waals surface area contributed by atoms with Crippen molar-refractivity contribution in [3.8, 4) is 5.75 Å². The molecule has 0 bridgehead atoms. The SMILES string of the molecule is COc1ccc(C(CC(=O)Nc2cc(Cl)ccc2F)NC(C)=O)cc1. The van der Waals surface area contributed by atoms with E-state index in [-0.39, 0.29) is 18.0 Å². The van der Waals surface area contributed by atoms with Crippen LogP contribution < -0.4 is 15.4 Å². The maximum Gasteiger partial charge on any atom is 0.226 e. The Labute approximate surface area is 150 Å². The summed E-state index contributed by atoms with van der Waals surface area (Å²) < 4.78 is 18.8. The molecule has 0 radical (unpaired) electrons. The predicted molar refractivity (Wildman–Crippen MR) is 94.2 cm³/mol. The number of rotatable bonds is 6. The summed E-state index contributed by atoms with van der Waals surface area (Å²) in [5.74, 6) is -0.646. The summed E-state index contributed by atoms with van der Waals surface area (Å²) in [5.41, 5.74) is 0.728. The monoisotopic (exact) mass is 364 g/mol. The van der Waals surface area contributed by atoms with Crippen molar-refractivity contribution in [1.82, 2.24) is 5.32 Å². The summed E-state index contributed by atoms with van der Waals surface area (Å²) in [4.78, 5) is 23.7. The summed E-state index contributed by atoms with van der Waals surface area (Å²) in [6, 6.07) is 10.3. The zero-order valence-electron chi connectivity index (χ0n) is 13.8. The number of halogens is 2. The third-order valence-corrected chi connectivity index (χ3v) is 3.72. The van der Waals surface area contributed by atoms with Gasteiger partial charge in [0.2, 0.25) is 11.8 Å². The maximum absolute atomic E-state index is 13.7. The number of benzene rings is 2. The van der Waals surface area contributed by atoms with Gasteiger partial charge in [0.05, 0.1) is 25.3 Å². The van der Waals surface area contributed by atoms with Gasteiger partial charge in [-0.05, 0) is 35.9 Å². The van der Waals surface area contributed by atoms with Crippen molar-refractivity contribution >= 4 is 29.1 Å². The second kappa shape index (κ2) is 8.48. The Morgan fingerprint density at radius 1 is 1.20 bits per heavy atom. The Morgan fingerprint density at radius 3 is 2.48 bits per heavy atom. The fraction of sp³-hybridized carbons (Fsp3) is 0.222. The smallest absolute Gasteiger partial charge is 0.226 e. The van der Waals surface area contributed by atoms with E-state index < -0.39 is 17.8 Å². The number of amides is 2. The van der Waals surface area contributed by atoms with Crippen molar-refractivity contribution in [2.24, 2.45) is 0 Å². The fourth-order valence-corrected chi connectivity index (χ4v) is 2.49. The van der Waals surface area contributed by atoms with Crippen LogP contribution in [-0.4, -0.2) is 18.9 Å². The molecule has 0 aliphatic heterocycles. The molecule has 0 aliphatic carbocycles. The molecule has 0 saturated carbocycles. The van der Waals surface area contributed by atoms with Crippen molar-refractivity contribution in [3.05, 3.63) is 58.9 Å². The number of hydrogen-bond donors (Lipinski definition) is 2. The van der Waals surface area contributed by atoms with Crippen molar-refractivity contribution in [2.75, 3.05) is 12.4 Å². The quantitative estimate of drug-likeness (QED) is 0.821. The second-order valence-corrected chi connectivity index (χ2v) is 5.84. The number of methoxy groups -OCH3 is 1. The summed E-state index contributed by atoms with van der Waals surface area (Å²) in [6.45, 7) is 1.37. The largest absolute Gasteiger partial charge is 0.497 e. The van der Waals surface area contributed by atoms with Crippen LogP contribution in [0.1, 0.15) is 24.9 Å². The van der Waals surface area contributed by atoms with E-state index in [2.05, 4.69) is 10.6 Å². The van der Waals surface area contributed by atoms with E-state index in [9.17, 15) is 14.0 Å². The first kappa shape index (κ1) is 18.7. The molecule has 2 rings (SSSR count). The first-order valence-electron chi connectivity index (χ1n) is 7.55. The number of nitrogens with one attached hydrogen (secondary N) is 2. The number of hydrogen-bond acceptors (Lipinski definition) is 3. The lowest BCUT2D eigenvalue weighted by molar-refractivity contribution is -0.120. The fourth-order valence-electron chi connectivity index (χ4n) is 2.31. The van der Waals surface area contributed by atoms with Crippen molar-refractivity contribution in [2.45, 2.75) is 19.4 Å². The van der Waals surface area contributed by atoms with Gasteiger partial charge in [0.15, 0.2) is 0 Å². The minimum Gasteiger partial charge on any atom is -0.497 e. The molecular formula is C18H18ClFN2O3. The highest BCUT2D eigenvalue weighted by Crippen LogP contribution is 2.23. The summed E-state index contributed by atoms with van der Waals surface area (Å²) in [6.07, 6.45) is -0.0577. The highest BCUT2D eigenvalue weighted by Gasteiger charge is 2.18. The van der Waals surface area contributed by atoms with E-state index in [4.69, 9.17) is 16.3 Å². The molecule has 132 valence electrons. The molecule has 0 aromatic heterocycles. The van der Waals surface area contributed by atoms with Crippen molar-refractivity contribution < 1.29 is 18.7 Å². The second-order valence-electron chi connectivity index (χ2n) is 5.40. The number of ether oxygens (including phenoxy) is 1. The topological polar surface area (TPSA) is 67.4 Å². The van der Waals surface area contributed by atoms with Crippen LogP contribution >= 0.6 is 11.6 Å². The van der Waals surface area contributed by atoms with Crippen LogP contribution in [0.4, 0.5) is 10.1 Å². The van der Waals surface area contributed by atoms with E-state index in [1.807, 2.05) is 0 Å². The molecule has 7 heteroatoms. The molecule has 0 saturated heterocycles. The number of carbonyl (C=O) groups is 2. The summed E-state index contributed by atoms with van der Waals surface area (Å²) in [7, 11) is 1.55. The van der Waals surface area contributed by atoms with Gasteiger partial charge in [0.1, 0.15) is 11.6 Å². The molecule has 2 N–H and O–H groups in total. The maximum atomic E-state index is 13.7. The molecule has 0 spiro atoms. The average Bonchev–Trinajstić information content (AvgIpc) is 2.57. The van der Waals surface area contributed by atoms with Crippen LogP contribution in [0.25, 0.3) is 0 Å². The Kier molecular flexibility index (Phi) is 6.36. The molecule has 2 aromatic carbocycles. The van der Waals surface area contributed by atoms with Gasteiger partial charge in [-0.1, -0.05) is 23.7 Å². The van der Waals surface area contributed by atoms with Crippen LogP contribution in [0.3, 0.4) is 0 Å². The Bertz CT molecular complexity index is 765. The molecule has 2 aromatic rings. The molecular weight excluding hydrogens is 347 g/mol. The number of anilines is 1. The van der Waals surface area contributed by atoms with Crippen LogP contribution in [-0.2, 0) is 9.59 Å². The van der Waals surface area contributed by atoms with Crippen LogP contribution in [0.5, 0.6) is 5.75 Å². The zero-order valence-corrected chi connectivity index (χ0v) is 14.6. The predicted octanol–water partition coefficient (Wildman–Crippen LogP) is 3.69. The highest BCUT2D eigenvalue weighted by molar-refractivity contribution is 6.30. The van der Waals surface area contributed by atoms with Crippen LogP contribution in [0.2, 0.25) is 5.02 Å². The first-order valence-corrected chi connectivity index (χ1v) is 7.93. The summed E-state index contributed by atoms with van der Waals surface area (Å²) in [5, 5.41) is 5.50. The van der Waals surface area contributed by atoms with Crippen LogP contribution in [0.15, 0.2) is 42.5 Å². The Hall–Kier alpha value is -2.60. The molecule has 1 atom stereocenters. The highest BCUT2D eigenvalue weighted by atomic mass is 35.5. The molecule has 0 fully saturated rings. The molecule has 1 unspecified atom stereocenters. The Morgan fingerprint density at radius 2 is 1.88 bits per heavy atom. The van der Waals surface area contributed by atoms with Gasteiger partial charge in [-0.2, -0.15) is 0 Å². The first-order chi connectivity index (χ1) is 11.9. The van der Waals surface area contributed by atoms with E-state index in [0.29, 0.717) is 10.8 Å². The van der Waals surface area contributed by atoms with E-state index in [1.54, 1.807) is 31.4 Å². The van der Waals surface area contributed by atoms with E-state index in [1.165, 1.54) is 25.1 Å². The van der Waals surface area contributed by atoms with E-state index in [0.717, 1.165) is 5.56 Å². The van der Waals surface area contributed by atoms with Gasteiger partial charge in [-0.25, -0.2) is 4.39 Å². The normalized spacial score (nSPS) is 11.5. The molecule has 0 aliphatic rings. The third-order valence-electron chi connectivity index (χ3n) is 3.49. The molecule has 0 heterocycles. The average molecular weight is 365 g/mol. The third kappa shape index (κ3) is 5.46. The van der Waals surface area contributed by atoms with Crippen LogP contribution in [0, 0.1) is 5.82 Å². The van der Waals surface area contributed by atoms with Gasteiger partial charge >= 0.3 is 0 Å². The lowest BCUT2D eigenvalue weighted by Gasteiger charge is -2.18. The summed E-state index contributed by atoms with van der Waals surface area (Å²) >= 11 is 5.81.